The van der Waals surface area contributed by atoms with E-state index >= 15 is 0 Å². The molecule has 0 fully saturated rings. The number of terminal acetylenes is 1. The Bertz CT molecular complexity index is 501. The van der Waals surface area contributed by atoms with Gasteiger partial charge >= 0.3 is 0 Å². The Morgan fingerprint density at radius 3 is 2.88 bits per heavy atom. The summed E-state index contributed by atoms with van der Waals surface area (Å²) in [6.45, 7) is 0.125. The van der Waals surface area contributed by atoms with Crippen molar-refractivity contribution in [3.05, 3.63) is 46.0 Å². The van der Waals surface area contributed by atoms with Crippen LogP contribution in [0.4, 0.5) is 5.69 Å². The Morgan fingerprint density at radius 1 is 1.53 bits per heavy atom. The summed E-state index contributed by atoms with van der Waals surface area (Å²) in [5.41, 5.74) is 0.321. The summed E-state index contributed by atoms with van der Waals surface area (Å²) in [6.07, 6.45) is 7.56. The van der Waals surface area contributed by atoms with Crippen LogP contribution in [0.5, 0.6) is 0 Å². The minimum absolute atomic E-state index is 0.0477. The number of carbonyl (C=O) groups is 1. The van der Waals surface area contributed by atoms with E-state index in [1.807, 2.05) is 0 Å². The van der Waals surface area contributed by atoms with Crippen LogP contribution in [-0.2, 0) is 4.79 Å². The van der Waals surface area contributed by atoms with Crippen LogP contribution in [-0.4, -0.2) is 17.4 Å². The first-order valence-corrected chi connectivity index (χ1v) is 4.78. The summed E-state index contributed by atoms with van der Waals surface area (Å²) in [5.74, 6) is 1.86. The van der Waals surface area contributed by atoms with Gasteiger partial charge in [-0.2, -0.15) is 0 Å². The molecule has 0 saturated heterocycles. The predicted molar refractivity (Wildman–Crippen MR) is 64.0 cm³/mol. The average molecular weight is 230 g/mol. The molecule has 0 unspecified atom stereocenters. The highest BCUT2D eigenvalue weighted by Gasteiger charge is 2.09. The second-order valence-corrected chi connectivity index (χ2v) is 3.07. The second kappa shape index (κ2) is 6.08. The lowest BCUT2D eigenvalue weighted by Crippen LogP contribution is -2.20. The molecule has 1 aromatic carbocycles. The van der Waals surface area contributed by atoms with Gasteiger partial charge in [-0.1, -0.05) is 18.1 Å². The zero-order chi connectivity index (χ0) is 12.7. The first kappa shape index (κ1) is 12.5. The molecule has 5 heteroatoms. The summed E-state index contributed by atoms with van der Waals surface area (Å²) in [7, 11) is 0. The van der Waals surface area contributed by atoms with Crippen LogP contribution < -0.4 is 5.32 Å². The van der Waals surface area contributed by atoms with Crippen molar-refractivity contribution in [3.8, 4) is 12.3 Å². The largest absolute Gasteiger partial charge is 0.342 e. The summed E-state index contributed by atoms with van der Waals surface area (Å²) < 4.78 is 0. The molecule has 0 heterocycles. The minimum Gasteiger partial charge on any atom is -0.342 e. The SMILES string of the molecule is C#CCNC(=O)/C=C/c1ccccc1[N+](=O)[O-]. The number of rotatable bonds is 4. The first-order valence-electron chi connectivity index (χ1n) is 4.78. The van der Waals surface area contributed by atoms with Crippen molar-refractivity contribution >= 4 is 17.7 Å². The molecule has 1 amide bonds. The fourth-order valence-electron chi connectivity index (χ4n) is 1.16. The van der Waals surface area contributed by atoms with Gasteiger partial charge in [0.05, 0.1) is 17.0 Å². The van der Waals surface area contributed by atoms with E-state index in [1.54, 1.807) is 18.2 Å². The number of nitrogens with zero attached hydrogens (tertiary/aromatic N) is 1. The van der Waals surface area contributed by atoms with Gasteiger partial charge in [0.2, 0.25) is 5.91 Å². The molecule has 0 bridgehead atoms. The maximum Gasteiger partial charge on any atom is 0.276 e. The van der Waals surface area contributed by atoms with Crippen LogP contribution in [0.15, 0.2) is 30.3 Å². The molecule has 1 aromatic rings. The Labute approximate surface area is 98.3 Å². The number of para-hydroxylation sites is 1. The molecule has 0 saturated carbocycles. The molecule has 0 spiro atoms. The van der Waals surface area contributed by atoms with Gasteiger partial charge in [-0.25, -0.2) is 0 Å². The molecular weight excluding hydrogens is 220 g/mol. The third-order valence-corrected chi connectivity index (χ3v) is 1.91. The molecule has 0 aliphatic heterocycles. The van der Waals surface area contributed by atoms with Gasteiger partial charge in [0.25, 0.3) is 5.69 Å². The molecule has 0 aliphatic rings. The molecular formula is C12H10N2O3. The van der Waals surface area contributed by atoms with Crippen LogP contribution in [0.25, 0.3) is 6.08 Å². The maximum atomic E-state index is 11.2. The Balaban J connectivity index is 2.81. The molecule has 0 aliphatic carbocycles. The smallest absolute Gasteiger partial charge is 0.276 e. The standard InChI is InChI=1S/C12H10N2O3/c1-2-9-13-12(15)8-7-10-5-3-4-6-11(10)14(16)17/h1,3-8H,9H2,(H,13,15)/b8-7+. The van der Waals surface area contributed by atoms with Crippen LogP contribution in [0.1, 0.15) is 5.56 Å². The fourth-order valence-corrected chi connectivity index (χ4v) is 1.16. The summed E-state index contributed by atoms with van der Waals surface area (Å²) in [4.78, 5) is 21.4. The minimum atomic E-state index is -0.501. The highest BCUT2D eigenvalue weighted by molar-refractivity contribution is 5.92. The molecule has 0 radical (unpaired) electrons. The highest BCUT2D eigenvalue weighted by Crippen LogP contribution is 2.18. The Hall–Kier alpha value is -2.61. The molecule has 0 aromatic heterocycles. The zero-order valence-corrected chi connectivity index (χ0v) is 8.92. The van der Waals surface area contributed by atoms with E-state index in [0.717, 1.165) is 0 Å². The lowest BCUT2D eigenvalue weighted by atomic mass is 10.1. The summed E-state index contributed by atoms with van der Waals surface area (Å²) in [5, 5.41) is 13.1. The van der Waals surface area contributed by atoms with Gasteiger partial charge in [-0.15, -0.1) is 6.42 Å². The normalized spacial score (nSPS) is 9.82. The molecule has 5 nitrogen and oxygen atoms in total. The van der Waals surface area contributed by atoms with Crippen LogP contribution >= 0.6 is 0 Å². The van der Waals surface area contributed by atoms with Gasteiger partial charge in [-0.3, -0.25) is 14.9 Å². The molecule has 1 N–H and O–H groups in total. The second-order valence-electron chi connectivity index (χ2n) is 3.07. The third kappa shape index (κ3) is 3.80. The lowest BCUT2D eigenvalue weighted by molar-refractivity contribution is -0.385. The quantitative estimate of drug-likeness (QED) is 0.367. The van der Waals surface area contributed by atoms with Crippen molar-refractivity contribution in [2.75, 3.05) is 6.54 Å². The van der Waals surface area contributed by atoms with E-state index in [4.69, 9.17) is 6.42 Å². The third-order valence-electron chi connectivity index (χ3n) is 1.91. The van der Waals surface area contributed by atoms with E-state index in [0.29, 0.717) is 5.56 Å². The van der Waals surface area contributed by atoms with Gasteiger partial charge in [0.1, 0.15) is 0 Å². The predicted octanol–water partition coefficient (Wildman–Crippen LogP) is 1.36. The van der Waals surface area contributed by atoms with Crippen molar-refractivity contribution < 1.29 is 9.72 Å². The van der Waals surface area contributed by atoms with E-state index in [2.05, 4.69) is 11.2 Å². The monoisotopic (exact) mass is 230 g/mol. The van der Waals surface area contributed by atoms with Gasteiger partial charge in [0, 0.05) is 12.1 Å². The zero-order valence-electron chi connectivity index (χ0n) is 8.92. The number of nitro benzene ring substituents is 1. The lowest BCUT2D eigenvalue weighted by Gasteiger charge is -1.97. The van der Waals surface area contributed by atoms with E-state index in [9.17, 15) is 14.9 Å². The van der Waals surface area contributed by atoms with Crippen molar-refractivity contribution in [2.24, 2.45) is 0 Å². The fraction of sp³-hybridized carbons (Fsp3) is 0.0833. The van der Waals surface area contributed by atoms with Crippen molar-refractivity contribution in [3.63, 3.8) is 0 Å². The maximum absolute atomic E-state index is 11.2. The molecule has 17 heavy (non-hydrogen) atoms. The van der Waals surface area contributed by atoms with Gasteiger partial charge in [-0.05, 0) is 12.1 Å². The van der Waals surface area contributed by atoms with Crippen LogP contribution in [0, 0.1) is 22.5 Å². The number of benzene rings is 1. The number of amides is 1. The summed E-state index contributed by atoms with van der Waals surface area (Å²) in [6, 6.07) is 6.15. The highest BCUT2D eigenvalue weighted by atomic mass is 16.6. The molecule has 86 valence electrons. The Kier molecular flexibility index (Phi) is 4.45. The van der Waals surface area contributed by atoms with E-state index in [-0.39, 0.29) is 18.1 Å². The number of carbonyl (C=O) groups excluding carboxylic acids is 1. The number of hydrogen-bond donors (Lipinski definition) is 1. The summed E-state index contributed by atoms with van der Waals surface area (Å²) >= 11 is 0. The van der Waals surface area contributed by atoms with Gasteiger partial charge in [0.15, 0.2) is 0 Å². The average Bonchev–Trinajstić information content (AvgIpc) is 2.34. The molecule has 0 atom stereocenters. The van der Waals surface area contributed by atoms with Crippen LogP contribution in [0.3, 0.4) is 0 Å². The van der Waals surface area contributed by atoms with Gasteiger partial charge < -0.3 is 5.32 Å². The Morgan fingerprint density at radius 2 is 2.24 bits per heavy atom. The molecule has 1 rings (SSSR count). The number of nitrogens with one attached hydrogen (secondary N) is 1. The first-order chi connectivity index (χ1) is 8.15. The van der Waals surface area contributed by atoms with Crippen molar-refractivity contribution in [1.29, 1.82) is 0 Å². The topological polar surface area (TPSA) is 72.2 Å². The number of nitro groups is 1. The number of hydrogen-bond acceptors (Lipinski definition) is 3. The van der Waals surface area contributed by atoms with E-state index in [1.165, 1.54) is 18.2 Å². The van der Waals surface area contributed by atoms with E-state index < -0.39 is 4.92 Å². The van der Waals surface area contributed by atoms with Crippen LogP contribution in [0.2, 0.25) is 0 Å². The van der Waals surface area contributed by atoms with Crippen molar-refractivity contribution in [1.82, 2.24) is 5.32 Å². The van der Waals surface area contributed by atoms with Crippen molar-refractivity contribution in [2.45, 2.75) is 0 Å².